The zero-order chi connectivity index (χ0) is 21.1. The lowest BCUT2D eigenvalue weighted by atomic mass is 10.1. The van der Waals surface area contributed by atoms with E-state index >= 15 is 0 Å². The fourth-order valence-electron chi connectivity index (χ4n) is 2.83. The number of ether oxygens (including phenoxy) is 1. The van der Waals surface area contributed by atoms with E-state index in [1.807, 2.05) is 54.9 Å². The second-order valence-corrected chi connectivity index (χ2v) is 8.74. The standard InChI is InChI=1S/C21H21N5O2S2/c1-13-7-6-9-16(14(13)2)28-11-18-24-25-21(26(18)3)29-12-19(27)23-20-22-15-8-4-5-10-17(15)30-20/h4-10H,11-12H2,1-3H3,(H,22,23,27). The van der Waals surface area contributed by atoms with E-state index in [0.717, 1.165) is 21.5 Å². The zero-order valence-corrected chi connectivity index (χ0v) is 18.5. The molecule has 1 amide bonds. The Labute approximate surface area is 182 Å². The summed E-state index contributed by atoms with van der Waals surface area (Å²) in [6.07, 6.45) is 0. The SMILES string of the molecule is Cc1cccc(OCc2nnc(SCC(=O)Nc3nc4ccccc4s3)n2C)c1C. The van der Waals surface area contributed by atoms with Gasteiger partial charge in [0, 0.05) is 7.05 Å². The van der Waals surface area contributed by atoms with Crippen LogP contribution in [0, 0.1) is 13.8 Å². The Balaban J connectivity index is 1.33. The number of anilines is 1. The number of aryl methyl sites for hydroxylation is 1. The fourth-order valence-corrected chi connectivity index (χ4v) is 4.44. The number of carbonyl (C=O) groups is 1. The molecule has 2 aromatic carbocycles. The summed E-state index contributed by atoms with van der Waals surface area (Å²) in [5, 5.41) is 12.5. The molecule has 0 saturated heterocycles. The van der Waals surface area contributed by atoms with Crippen LogP contribution in [0.25, 0.3) is 10.2 Å². The van der Waals surface area contributed by atoms with Gasteiger partial charge in [-0.05, 0) is 43.2 Å². The normalized spacial score (nSPS) is 11.0. The molecule has 1 N–H and O–H groups in total. The smallest absolute Gasteiger partial charge is 0.236 e. The number of thiazole rings is 1. The summed E-state index contributed by atoms with van der Waals surface area (Å²) in [5.74, 6) is 1.63. The lowest BCUT2D eigenvalue weighted by molar-refractivity contribution is -0.113. The van der Waals surface area contributed by atoms with Crippen molar-refractivity contribution in [3.05, 3.63) is 59.4 Å². The first kappa shape index (κ1) is 20.4. The van der Waals surface area contributed by atoms with E-state index in [4.69, 9.17) is 4.74 Å². The van der Waals surface area contributed by atoms with Crippen molar-refractivity contribution in [2.24, 2.45) is 7.05 Å². The molecule has 0 saturated carbocycles. The van der Waals surface area contributed by atoms with Gasteiger partial charge in [0.1, 0.15) is 12.4 Å². The van der Waals surface area contributed by atoms with Gasteiger partial charge in [0.05, 0.1) is 16.0 Å². The molecule has 0 radical (unpaired) electrons. The van der Waals surface area contributed by atoms with Gasteiger partial charge in [-0.3, -0.25) is 4.79 Å². The average molecular weight is 440 g/mol. The van der Waals surface area contributed by atoms with Crippen molar-refractivity contribution in [3.8, 4) is 5.75 Å². The maximum Gasteiger partial charge on any atom is 0.236 e. The summed E-state index contributed by atoms with van der Waals surface area (Å²) >= 11 is 2.79. The van der Waals surface area contributed by atoms with Crippen LogP contribution in [0.15, 0.2) is 47.6 Å². The molecule has 0 fully saturated rings. The predicted octanol–water partition coefficient (Wildman–Crippen LogP) is 4.35. The number of hydrogen-bond donors (Lipinski definition) is 1. The van der Waals surface area contributed by atoms with Crippen LogP contribution in [-0.2, 0) is 18.4 Å². The van der Waals surface area contributed by atoms with Crippen LogP contribution in [0.2, 0.25) is 0 Å². The predicted molar refractivity (Wildman–Crippen MR) is 120 cm³/mol. The summed E-state index contributed by atoms with van der Waals surface area (Å²) in [5.41, 5.74) is 3.17. The van der Waals surface area contributed by atoms with Gasteiger partial charge < -0.3 is 14.6 Å². The molecule has 0 atom stereocenters. The third-order valence-corrected chi connectivity index (χ3v) is 6.68. The third kappa shape index (κ3) is 4.47. The lowest BCUT2D eigenvalue weighted by Crippen LogP contribution is -2.14. The monoisotopic (exact) mass is 439 g/mol. The number of fused-ring (bicyclic) bond motifs is 1. The third-order valence-electron chi connectivity index (χ3n) is 4.71. The van der Waals surface area contributed by atoms with Crippen LogP contribution in [0.5, 0.6) is 5.75 Å². The van der Waals surface area contributed by atoms with Gasteiger partial charge in [-0.15, -0.1) is 10.2 Å². The number of rotatable bonds is 7. The first-order valence-corrected chi connectivity index (χ1v) is 11.2. The van der Waals surface area contributed by atoms with E-state index < -0.39 is 0 Å². The number of para-hydroxylation sites is 1. The maximum atomic E-state index is 12.3. The van der Waals surface area contributed by atoms with E-state index in [1.165, 1.54) is 28.7 Å². The lowest BCUT2D eigenvalue weighted by Gasteiger charge is -2.10. The molecular formula is C21H21N5O2S2. The van der Waals surface area contributed by atoms with Crippen LogP contribution < -0.4 is 10.1 Å². The maximum absolute atomic E-state index is 12.3. The van der Waals surface area contributed by atoms with Gasteiger partial charge in [-0.2, -0.15) is 0 Å². The number of nitrogens with one attached hydrogen (secondary N) is 1. The van der Waals surface area contributed by atoms with E-state index in [1.54, 1.807) is 0 Å². The molecule has 2 aromatic heterocycles. The number of aromatic nitrogens is 4. The van der Waals surface area contributed by atoms with Gasteiger partial charge in [-0.25, -0.2) is 4.98 Å². The number of nitrogens with zero attached hydrogens (tertiary/aromatic N) is 4. The van der Waals surface area contributed by atoms with Crippen LogP contribution in [-0.4, -0.2) is 31.4 Å². The zero-order valence-electron chi connectivity index (χ0n) is 16.9. The Morgan fingerprint density at radius 3 is 2.83 bits per heavy atom. The number of amides is 1. The first-order valence-electron chi connectivity index (χ1n) is 9.37. The summed E-state index contributed by atoms with van der Waals surface area (Å²) in [6.45, 7) is 4.40. The number of benzene rings is 2. The van der Waals surface area contributed by atoms with E-state index in [0.29, 0.717) is 22.7 Å². The van der Waals surface area contributed by atoms with Crippen molar-refractivity contribution in [2.45, 2.75) is 25.6 Å². The van der Waals surface area contributed by atoms with Crippen LogP contribution in [0.3, 0.4) is 0 Å². The highest BCUT2D eigenvalue weighted by atomic mass is 32.2. The molecule has 0 aliphatic carbocycles. The average Bonchev–Trinajstić information content (AvgIpc) is 3.30. The molecule has 0 aliphatic heterocycles. The van der Waals surface area contributed by atoms with Crippen LogP contribution >= 0.6 is 23.1 Å². The highest BCUT2D eigenvalue weighted by molar-refractivity contribution is 7.99. The highest BCUT2D eigenvalue weighted by Crippen LogP contribution is 2.26. The Hall–Kier alpha value is -2.91. The van der Waals surface area contributed by atoms with Crippen molar-refractivity contribution in [1.82, 2.24) is 19.7 Å². The van der Waals surface area contributed by atoms with E-state index in [-0.39, 0.29) is 11.7 Å². The fraction of sp³-hybridized carbons (Fsp3) is 0.238. The number of hydrogen-bond acceptors (Lipinski definition) is 7. The number of thioether (sulfide) groups is 1. The minimum atomic E-state index is -0.129. The molecule has 4 rings (SSSR count). The highest BCUT2D eigenvalue weighted by Gasteiger charge is 2.14. The molecule has 0 bridgehead atoms. The Morgan fingerprint density at radius 1 is 1.17 bits per heavy atom. The second-order valence-electron chi connectivity index (χ2n) is 6.77. The summed E-state index contributed by atoms with van der Waals surface area (Å²) in [7, 11) is 1.87. The Morgan fingerprint density at radius 2 is 2.00 bits per heavy atom. The Bertz CT molecular complexity index is 1170. The molecule has 2 heterocycles. The summed E-state index contributed by atoms with van der Waals surface area (Å²) in [6, 6.07) is 13.8. The van der Waals surface area contributed by atoms with Gasteiger partial charge in [0.15, 0.2) is 16.1 Å². The van der Waals surface area contributed by atoms with Gasteiger partial charge in [0.25, 0.3) is 0 Å². The first-order chi connectivity index (χ1) is 14.5. The van der Waals surface area contributed by atoms with E-state index in [9.17, 15) is 4.79 Å². The molecule has 0 spiro atoms. The Kier molecular flexibility index (Phi) is 6.01. The molecule has 30 heavy (non-hydrogen) atoms. The molecule has 0 aliphatic rings. The molecule has 9 heteroatoms. The largest absolute Gasteiger partial charge is 0.485 e. The van der Waals surface area contributed by atoms with E-state index in [2.05, 4.69) is 33.5 Å². The van der Waals surface area contributed by atoms with Crippen LogP contribution in [0.1, 0.15) is 17.0 Å². The van der Waals surface area contributed by atoms with Crippen molar-refractivity contribution in [1.29, 1.82) is 0 Å². The van der Waals surface area contributed by atoms with Crippen molar-refractivity contribution in [3.63, 3.8) is 0 Å². The van der Waals surface area contributed by atoms with Crippen molar-refractivity contribution in [2.75, 3.05) is 11.1 Å². The summed E-state index contributed by atoms with van der Waals surface area (Å²) in [4.78, 5) is 16.7. The molecule has 154 valence electrons. The summed E-state index contributed by atoms with van der Waals surface area (Å²) < 4.78 is 8.80. The topological polar surface area (TPSA) is 81.9 Å². The molecule has 0 unspecified atom stereocenters. The van der Waals surface area contributed by atoms with Gasteiger partial charge in [-0.1, -0.05) is 47.4 Å². The molecule has 7 nitrogen and oxygen atoms in total. The number of carbonyl (C=O) groups excluding carboxylic acids is 1. The van der Waals surface area contributed by atoms with Crippen LogP contribution in [0.4, 0.5) is 5.13 Å². The quantitative estimate of drug-likeness (QED) is 0.431. The van der Waals surface area contributed by atoms with Crippen molar-refractivity contribution < 1.29 is 9.53 Å². The van der Waals surface area contributed by atoms with Gasteiger partial charge in [0.2, 0.25) is 5.91 Å². The molecular weight excluding hydrogens is 418 g/mol. The molecule has 4 aromatic rings. The van der Waals surface area contributed by atoms with Gasteiger partial charge >= 0.3 is 0 Å². The van der Waals surface area contributed by atoms with Crippen molar-refractivity contribution >= 4 is 44.4 Å². The minimum Gasteiger partial charge on any atom is -0.485 e. The minimum absolute atomic E-state index is 0.129. The second kappa shape index (κ2) is 8.85.